The van der Waals surface area contributed by atoms with Crippen LogP contribution >= 0.6 is 0 Å². The number of aromatic nitrogens is 1. The second-order valence-corrected chi connectivity index (χ2v) is 7.58. The summed E-state index contributed by atoms with van der Waals surface area (Å²) in [6.07, 6.45) is 2.19. The van der Waals surface area contributed by atoms with E-state index in [2.05, 4.69) is 9.71 Å². The van der Waals surface area contributed by atoms with Crippen LogP contribution < -0.4 is 9.46 Å². The minimum Gasteiger partial charge on any atom is -0.491 e. The number of hydrogen-bond acceptors (Lipinski definition) is 4. The van der Waals surface area contributed by atoms with Gasteiger partial charge in [0.05, 0.1) is 11.5 Å². The molecule has 3 rings (SSSR count). The van der Waals surface area contributed by atoms with Crippen LogP contribution in [0.4, 0.5) is 4.39 Å². The summed E-state index contributed by atoms with van der Waals surface area (Å²) in [4.78, 5) is 4.39. The molecule has 0 atom stereocenters. The fraction of sp³-hybridized carbons (Fsp3) is 0.211. The molecule has 0 aliphatic heterocycles. The maximum Gasteiger partial charge on any atom is 0.240 e. The van der Waals surface area contributed by atoms with Crippen LogP contribution in [0.25, 0.3) is 10.9 Å². The van der Waals surface area contributed by atoms with Crippen LogP contribution in [0.15, 0.2) is 59.6 Å². The molecule has 1 N–H and O–H groups in total. The zero-order valence-electron chi connectivity index (χ0n) is 14.3. The fourth-order valence-electron chi connectivity index (χ4n) is 2.65. The molecule has 0 aliphatic carbocycles. The van der Waals surface area contributed by atoms with Crippen molar-refractivity contribution in [3.63, 3.8) is 0 Å². The van der Waals surface area contributed by atoms with Gasteiger partial charge in [-0.15, -0.1) is 0 Å². The average Bonchev–Trinajstić information content (AvgIpc) is 2.61. The number of ether oxygens (including phenoxy) is 1. The number of hydrogen-bond donors (Lipinski definition) is 1. The monoisotopic (exact) mass is 374 g/mol. The van der Waals surface area contributed by atoms with Gasteiger partial charge in [0, 0.05) is 18.1 Å². The number of aryl methyl sites for hydroxylation is 1. The number of benzene rings is 2. The molecule has 0 fully saturated rings. The lowest BCUT2D eigenvalue weighted by Gasteiger charge is -2.11. The molecule has 0 amide bonds. The molecular weight excluding hydrogens is 355 g/mol. The molecule has 2 aromatic carbocycles. The van der Waals surface area contributed by atoms with Crippen LogP contribution in [0, 0.1) is 12.7 Å². The number of sulfonamides is 1. The molecule has 0 saturated carbocycles. The van der Waals surface area contributed by atoms with Gasteiger partial charge in [0.2, 0.25) is 10.0 Å². The molecule has 7 heteroatoms. The van der Waals surface area contributed by atoms with E-state index in [1.165, 1.54) is 12.1 Å². The number of pyridine rings is 1. The molecule has 0 aliphatic rings. The summed E-state index contributed by atoms with van der Waals surface area (Å²) in [6, 6.07) is 13.1. The third kappa shape index (κ3) is 4.17. The minimum absolute atomic E-state index is 0.0815. The van der Waals surface area contributed by atoms with Gasteiger partial charge in [-0.3, -0.25) is 4.98 Å². The van der Waals surface area contributed by atoms with Crippen molar-refractivity contribution in [2.45, 2.75) is 18.2 Å². The number of nitrogens with one attached hydrogen (secondary N) is 1. The lowest BCUT2D eigenvalue weighted by molar-refractivity contribution is 0.314. The lowest BCUT2D eigenvalue weighted by atomic mass is 10.2. The Kier molecular flexibility index (Phi) is 5.49. The predicted octanol–water partition coefficient (Wildman–Crippen LogP) is 3.43. The van der Waals surface area contributed by atoms with Gasteiger partial charge in [-0.05, 0) is 49.2 Å². The smallest absolute Gasteiger partial charge is 0.240 e. The maximum atomic E-state index is 13.1. The summed E-state index contributed by atoms with van der Waals surface area (Å²) in [5.74, 6) is 0.207. The summed E-state index contributed by atoms with van der Waals surface area (Å²) in [6.45, 7) is 2.13. The topological polar surface area (TPSA) is 68.3 Å². The summed E-state index contributed by atoms with van der Waals surface area (Å²) >= 11 is 0. The first kappa shape index (κ1) is 18.3. The molecule has 136 valence electrons. The van der Waals surface area contributed by atoms with E-state index in [-0.39, 0.29) is 11.4 Å². The second-order valence-electron chi connectivity index (χ2n) is 5.84. The fourth-order valence-corrected chi connectivity index (χ4v) is 3.94. The Hall–Kier alpha value is -2.51. The Labute approximate surface area is 151 Å². The Morgan fingerprint density at radius 2 is 1.96 bits per heavy atom. The van der Waals surface area contributed by atoms with E-state index in [0.717, 1.165) is 17.0 Å². The highest BCUT2D eigenvalue weighted by molar-refractivity contribution is 7.89. The van der Waals surface area contributed by atoms with Crippen LogP contribution in [0.3, 0.4) is 0 Å². The third-order valence-corrected chi connectivity index (χ3v) is 5.51. The van der Waals surface area contributed by atoms with Crippen molar-refractivity contribution in [3.05, 3.63) is 66.1 Å². The summed E-state index contributed by atoms with van der Waals surface area (Å²) in [5.41, 5.74) is 1.15. The van der Waals surface area contributed by atoms with E-state index in [1.807, 2.05) is 30.3 Å². The largest absolute Gasteiger partial charge is 0.491 e. The van der Waals surface area contributed by atoms with E-state index in [4.69, 9.17) is 4.74 Å². The number of rotatable bonds is 7. The van der Waals surface area contributed by atoms with Crippen molar-refractivity contribution >= 4 is 20.9 Å². The van der Waals surface area contributed by atoms with Crippen molar-refractivity contribution < 1.29 is 17.5 Å². The van der Waals surface area contributed by atoms with Gasteiger partial charge in [-0.25, -0.2) is 17.5 Å². The quantitative estimate of drug-likeness (QED) is 0.644. The van der Waals surface area contributed by atoms with Crippen molar-refractivity contribution in [3.8, 4) is 5.75 Å². The van der Waals surface area contributed by atoms with E-state index >= 15 is 0 Å². The van der Waals surface area contributed by atoms with Crippen LogP contribution in [0.5, 0.6) is 5.75 Å². The number of halogens is 1. The van der Waals surface area contributed by atoms with Gasteiger partial charge in [0.25, 0.3) is 0 Å². The Bertz CT molecular complexity index is 1020. The molecule has 0 saturated heterocycles. The molecular formula is C19H19FN2O3S. The zero-order chi connectivity index (χ0) is 18.6. The van der Waals surface area contributed by atoms with Crippen molar-refractivity contribution in [1.82, 2.24) is 9.71 Å². The summed E-state index contributed by atoms with van der Waals surface area (Å²) in [5, 5.41) is 0.984. The van der Waals surface area contributed by atoms with Gasteiger partial charge in [-0.1, -0.05) is 18.2 Å². The highest BCUT2D eigenvalue weighted by Crippen LogP contribution is 2.23. The first-order chi connectivity index (χ1) is 12.5. The molecule has 3 aromatic rings. The zero-order valence-corrected chi connectivity index (χ0v) is 15.1. The Morgan fingerprint density at radius 3 is 2.77 bits per heavy atom. The van der Waals surface area contributed by atoms with Crippen molar-refractivity contribution in [2.75, 3.05) is 13.2 Å². The van der Waals surface area contributed by atoms with Gasteiger partial charge in [-0.2, -0.15) is 0 Å². The predicted molar refractivity (Wildman–Crippen MR) is 98.2 cm³/mol. The molecule has 1 heterocycles. The van der Waals surface area contributed by atoms with Crippen molar-refractivity contribution in [2.24, 2.45) is 0 Å². The van der Waals surface area contributed by atoms with Crippen LogP contribution in [0.1, 0.15) is 12.0 Å². The van der Waals surface area contributed by atoms with Crippen LogP contribution in [0.2, 0.25) is 0 Å². The Balaban J connectivity index is 1.55. The average molecular weight is 374 g/mol. The second kappa shape index (κ2) is 7.80. The first-order valence-corrected chi connectivity index (χ1v) is 9.68. The SMILES string of the molecule is Cc1cc(F)ccc1S(=O)(=O)NCCCOc1cccc2cccnc12. The summed E-state index contributed by atoms with van der Waals surface area (Å²) in [7, 11) is -3.67. The molecule has 0 radical (unpaired) electrons. The number of fused-ring (bicyclic) bond motifs is 1. The van der Waals surface area contributed by atoms with Crippen LogP contribution in [-0.4, -0.2) is 26.6 Å². The highest BCUT2D eigenvalue weighted by atomic mass is 32.2. The van der Waals surface area contributed by atoms with Gasteiger partial charge in [0.1, 0.15) is 17.1 Å². The summed E-state index contributed by atoms with van der Waals surface area (Å²) < 4.78 is 45.9. The molecule has 5 nitrogen and oxygen atoms in total. The standard InChI is InChI=1S/C19H19FN2O3S/c1-14-13-16(20)8-9-18(14)26(23,24)22-11-4-12-25-17-7-2-5-15-6-3-10-21-19(15)17/h2-3,5-10,13,22H,4,11-12H2,1H3. The lowest BCUT2D eigenvalue weighted by Crippen LogP contribution is -2.26. The first-order valence-electron chi connectivity index (χ1n) is 8.20. The maximum absolute atomic E-state index is 13.1. The normalized spacial score (nSPS) is 11.6. The van der Waals surface area contributed by atoms with Crippen LogP contribution in [-0.2, 0) is 10.0 Å². The van der Waals surface area contributed by atoms with E-state index in [1.54, 1.807) is 13.1 Å². The number of nitrogens with zero attached hydrogens (tertiary/aromatic N) is 1. The number of para-hydroxylation sites is 1. The van der Waals surface area contributed by atoms with Gasteiger partial charge in [0.15, 0.2) is 0 Å². The van der Waals surface area contributed by atoms with Gasteiger partial charge < -0.3 is 4.74 Å². The van der Waals surface area contributed by atoms with E-state index < -0.39 is 15.8 Å². The Morgan fingerprint density at radius 1 is 1.15 bits per heavy atom. The van der Waals surface area contributed by atoms with Crippen molar-refractivity contribution in [1.29, 1.82) is 0 Å². The highest BCUT2D eigenvalue weighted by Gasteiger charge is 2.16. The molecule has 1 aromatic heterocycles. The molecule has 0 bridgehead atoms. The van der Waals surface area contributed by atoms with E-state index in [9.17, 15) is 12.8 Å². The molecule has 0 unspecified atom stereocenters. The molecule has 0 spiro atoms. The van der Waals surface area contributed by atoms with Gasteiger partial charge >= 0.3 is 0 Å². The minimum atomic E-state index is -3.67. The van der Waals surface area contributed by atoms with E-state index in [0.29, 0.717) is 24.3 Å². The molecule has 26 heavy (non-hydrogen) atoms. The third-order valence-electron chi connectivity index (χ3n) is 3.89.